The Kier molecular flexibility index (Phi) is 1.76. The molecule has 1 aliphatic rings. The number of nitrogens with zero attached hydrogens (tertiary/aromatic N) is 2. The highest BCUT2D eigenvalue weighted by atomic mass is 15.0. The van der Waals surface area contributed by atoms with Crippen LogP contribution in [0.4, 0.5) is 0 Å². The van der Waals surface area contributed by atoms with Crippen LogP contribution in [0.2, 0.25) is 0 Å². The Bertz CT molecular complexity index is 502. The van der Waals surface area contributed by atoms with Crippen molar-refractivity contribution in [2.24, 2.45) is 5.73 Å². The lowest BCUT2D eigenvalue weighted by atomic mass is 9.80. The van der Waals surface area contributed by atoms with Gasteiger partial charge in [-0.05, 0) is 25.0 Å². The number of rotatable bonds is 2. The van der Waals surface area contributed by atoms with Crippen LogP contribution in [0.3, 0.4) is 0 Å². The van der Waals surface area contributed by atoms with E-state index in [1.807, 2.05) is 24.4 Å². The summed E-state index contributed by atoms with van der Waals surface area (Å²) in [5.41, 5.74) is 8.33. The van der Waals surface area contributed by atoms with Crippen LogP contribution in [0.25, 0.3) is 5.65 Å². The monoisotopic (exact) mass is 215 g/mol. The molecular formula is C13H17N3. The van der Waals surface area contributed by atoms with Crippen molar-refractivity contribution in [2.75, 3.05) is 0 Å². The van der Waals surface area contributed by atoms with Crippen LogP contribution >= 0.6 is 0 Å². The number of hydrogen-bond acceptors (Lipinski definition) is 2. The maximum atomic E-state index is 6.33. The van der Waals surface area contributed by atoms with Crippen molar-refractivity contribution in [3.63, 3.8) is 0 Å². The molecule has 3 heteroatoms. The van der Waals surface area contributed by atoms with Crippen LogP contribution in [0.5, 0.6) is 0 Å². The van der Waals surface area contributed by atoms with Crippen LogP contribution in [0.1, 0.15) is 32.4 Å². The van der Waals surface area contributed by atoms with Crippen molar-refractivity contribution in [1.82, 2.24) is 9.38 Å². The molecule has 3 rings (SSSR count). The van der Waals surface area contributed by atoms with Gasteiger partial charge in [0.1, 0.15) is 5.65 Å². The molecule has 0 radical (unpaired) electrons. The summed E-state index contributed by atoms with van der Waals surface area (Å²) in [7, 11) is 0. The molecule has 0 atom stereocenters. The molecule has 1 fully saturated rings. The van der Waals surface area contributed by atoms with E-state index in [2.05, 4.69) is 29.4 Å². The summed E-state index contributed by atoms with van der Waals surface area (Å²) in [5.74, 6) is 0. The average Bonchev–Trinajstić information content (AvgIpc) is 2.87. The lowest BCUT2D eigenvalue weighted by Gasteiger charge is -2.29. The van der Waals surface area contributed by atoms with Gasteiger partial charge in [0, 0.05) is 23.3 Å². The van der Waals surface area contributed by atoms with E-state index < -0.39 is 0 Å². The molecule has 16 heavy (non-hydrogen) atoms. The van der Waals surface area contributed by atoms with E-state index >= 15 is 0 Å². The third-order valence-electron chi connectivity index (χ3n) is 4.04. The molecular weight excluding hydrogens is 198 g/mol. The molecule has 1 saturated carbocycles. The van der Waals surface area contributed by atoms with E-state index in [1.165, 1.54) is 0 Å². The van der Waals surface area contributed by atoms with Crippen molar-refractivity contribution in [1.29, 1.82) is 0 Å². The van der Waals surface area contributed by atoms with Gasteiger partial charge in [0.25, 0.3) is 0 Å². The third kappa shape index (κ3) is 1.21. The SMILES string of the molecule is CC(C)(c1cn2ccccc2n1)C1(N)CC1. The molecule has 0 spiro atoms. The first kappa shape index (κ1) is 9.85. The number of pyridine rings is 1. The van der Waals surface area contributed by atoms with E-state index in [-0.39, 0.29) is 11.0 Å². The summed E-state index contributed by atoms with van der Waals surface area (Å²) in [6.45, 7) is 4.39. The van der Waals surface area contributed by atoms with Gasteiger partial charge in [-0.15, -0.1) is 0 Å². The maximum absolute atomic E-state index is 6.33. The highest BCUT2D eigenvalue weighted by Crippen LogP contribution is 2.48. The topological polar surface area (TPSA) is 43.3 Å². The molecule has 1 aliphatic carbocycles. The summed E-state index contributed by atoms with van der Waals surface area (Å²) in [6.07, 6.45) is 6.34. The number of hydrogen-bond donors (Lipinski definition) is 1. The van der Waals surface area contributed by atoms with Gasteiger partial charge in [-0.1, -0.05) is 19.9 Å². The van der Waals surface area contributed by atoms with Gasteiger partial charge in [-0.2, -0.15) is 0 Å². The van der Waals surface area contributed by atoms with Crippen LogP contribution in [0.15, 0.2) is 30.6 Å². The minimum atomic E-state index is -0.0507. The molecule has 2 N–H and O–H groups in total. The highest BCUT2D eigenvalue weighted by molar-refractivity contribution is 5.42. The number of fused-ring (bicyclic) bond motifs is 1. The van der Waals surface area contributed by atoms with E-state index in [0.717, 1.165) is 24.2 Å². The minimum absolute atomic E-state index is 0.0426. The summed E-state index contributed by atoms with van der Waals surface area (Å²) >= 11 is 0. The first-order valence-electron chi connectivity index (χ1n) is 5.76. The first-order chi connectivity index (χ1) is 7.53. The summed E-state index contributed by atoms with van der Waals surface area (Å²) < 4.78 is 2.06. The molecule has 0 saturated heterocycles. The molecule has 2 aromatic heterocycles. The predicted molar refractivity (Wildman–Crippen MR) is 64.4 cm³/mol. The largest absolute Gasteiger partial charge is 0.324 e. The fourth-order valence-electron chi connectivity index (χ4n) is 2.25. The van der Waals surface area contributed by atoms with Crippen molar-refractivity contribution in [2.45, 2.75) is 37.6 Å². The zero-order valence-corrected chi connectivity index (χ0v) is 9.77. The Morgan fingerprint density at radius 2 is 2.12 bits per heavy atom. The predicted octanol–water partition coefficient (Wildman–Crippen LogP) is 2.10. The minimum Gasteiger partial charge on any atom is -0.324 e. The zero-order chi connectivity index (χ0) is 11.4. The fraction of sp³-hybridized carbons (Fsp3) is 0.462. The Morgan fingerprint density at radius 1 is 1.38 bits per heavy atom. The van der Waals surface area contributed by atoms with Crippen LogP contribution in [0, 0.1) is 0 Å². The van der Waals surface area contributed by atoms with Crippen LogP contribution in [-0.2, 0) is 5.41 Å². The van der Waals surface area contributed by atoms with Crippen molar-refractivity contribution >= 4 is 5.65 Å². The summed E-state index contributed by atoms with van der Waals surface area (Å²) in [6, 6.07) is 6.05. The van der Waals surface area contributed by atoms with Gasteiger partial charge in [-0.25, -0.2) is 4.98 Å². The fourth-order valence-corrected chi connectivity index (χ4v) is 2.25. The third-order valence-corrected chi connectivity index (χ3v) is 4.04. The number of nitrogens with two attached hydrogens (primary N) is 1. The number of aromatic nitrogens is 2. The second-order valence-electron chi connectivity index (χ2n) is 5.37. The normalized spacial score (nSPS) is 18.9. The highest BCUT2D eigenvalue weighted by Gasteiger charge is 2.53. The van der Waals surface area contributed by atoms with Crippen LogP contribution < -0.4 is 5.73 Å². The maximum Gasteiger partial charge on any atom is 0.136 e. The van der Waals surface area contributed by atoms with Gasteiger partial charge < -0.3 is 10.1 Å². The van der Waals surface area contributed by atoms with Gasteiger partial charge in [-0.3, -0.25) is 0 Å². The summed E-state index contributed by atoms with van der Waals surface area (Å²) in [4.78, 5) is 4.67. The van der Waals surface area contributed by atoms with Crippen LogP contribution in [-0.4, -0.2) is 14.9 Å². The molecule has 0 unspecified atom stereocenters. The van der Waals surface area contributed by atoms with Crippen molar-refractivity contribution < 1.29 is 0 Å². The Morgan fingerprint density at radius 3 is 2.75 bits per heavy atom. The Balaban J connectivity index is 2.12. The molecule has 3 nitrogen and oxygen atoms in total. The van der Waals surface area contributed by atoms with Crippen molar-refractivity contribution in [3.8, 4) is 0 Å². The molecule has 0 amide bonds. The zero-order valence-electron chi connectivity index (χ0n) is 9.77. The molecule has 2 aromatic rings. The quantitative estimate of drug-likeness (QED) is 0.833. The van der Waals surface area contributed by atoms with E-state index in [0.29, 0.717) is 0 Å². The lowest BCUT2D eigenvalue weighted by Crippen LogP contribution is -2.43. The molecule has 84 valence electrons. The molecule has 0 aromatic carbocycles. The summed E-state index contributed by atoms with van der Waals surface area (Å²) in [5, 5.41) is 0. The Labute approximate surface area is 95.3 Å². The van der Waals surface area contributed by atoms with Crippen molar-refractivity contribution in [3.05, 3.63) is 36.3 Å². The molecule has 0 bridgehead atoms. The van der Waals surface area contributed by atoms with Gasteiger partial charge in [0.15, 0.2) is 0 Å². The average molecular weight is 215 g/mol. The Hall–Kier alpha value is -1.35. The van der Waals surface area contributed by atoms with E-state index in [9.17, 15) is 0 Å². The second kappa shape index (κ2) is 2.86. The molecule has 2 heterocycles. The van der Waals surface area contributed by atoms with E-state index in [1.54, 1.807) is 0 Å². The lowest BCUT2D eigenvalue weighted by molar-refractivity contribution is 0.382. The van der Waals surface area contributed by atoms with E-state index in [4.69, 9.17) is 5.73 Å². The van der Waals surface area contributed by atoms with Gasteiger partial charge in [0.2, 0.25) is 0 Å². The first-order valence-corrected chi connectivity index (χ1v) is 5.76. The number of imidazole rings is 1. The molecule has 0 aliphatic heterocycles. The second-order valence-corrected chi connectivity index (χ2v) is 5.37. The van der Waals surface area contributed by atoms with Gasteiger partial charge in [0.05, 0.1) is 5.69 Å². The standard InChI is InChI=1S/C13H17N3/c1-12(2,13(14)6-7-13)10-9-16-8-4-3-5-11(16)15-10/h3-5,8-9H,6-7,14H2,1-2H3. The smallest absolute Gasteiger partial charge is 0.136 e. The van der Waals surface area contributed by atoms with Gasteiger partial charge >= 0.3 is 0 Å².